The first kappa shape index (κ1) is 19.8. The maximum atomic E-state index is 12.2. The van der Waals surface area contributed by atoms with Crippen molar-refractivity contribution in [1.82, 2.24) is 15.5 Å². The molecule has 7 heteroatoms. The summed E-state index contributed by atoms with van der Waals surface area (Å²) in [5, 5.41) is 12.0. The molecule has 3 aromatic rings. The molecule has 3 rings (SSSR count). The average molecular weight is 412 g/mol. The Morgan fingerprint density at radius 3 is 2.54 bits per heavy atom. The minimum Gasteiger partial charge on any atom is -0.490 e. The second-order valence-electron chi connectivity index (χ2n) is 5.74. The maximum absolute atomic E-state index is 12.2. The standard InChI is InChI=1S/C21H18ClN3O2S/c1-2-12-27-17-10-8-15(9-11-17)13-18(22)20-24-25-21(28-20)19(26)23-14-16-6-4-3-5-7-16/h2-11,13H,1,12,14H2,(H,23,26)/b18-13-. The van der Waals surface area contributed by atoms with Crippen LogP contribution in [0.5, 0.6) is 5.75 Å². The molecule has 0 aliphatic rings. The van der Waals surface area contributed by atoms with E-state index >= 15 is 0 Å². The third-order valence-corrected chi connectivity index (χ3v) is 5.02. The van der Waals surface area contributed by atoms with Crippen LogP contribution in [0.3, 0.4) is 0 Å². The van der Waals surface area contributed by atoms with Crippen LogP contribution >= 0.6 is 22.9 Å². The van der Waals surface area contributed by atoms with Gasteiger partial charge in [0.2, 0.25) is 5.01 Å². The summed E-state index contributed by atoms with van der Waals surface area (Å²) in [6.45, 7) is 4.50. The summed E-state index contributed by atoms with van der Waals surface area (Å²) in [4.78, 5) is 12.2. The zero-order valence-electron chi connectivity index (χ0n) is 15.0. The minimum atomic E-state index is -0.277. The molecule has 0 fully saturated rings. The second kappa shape index (κ2) is 9.82. The Morgan fingerprint density at radius 2 is 1.82 bits per heavy atom. The number of benzene rings is 2. The molecular formula is C21H18ClN3O2S. The minimum absolute atomic E-state index is 0.269. The Hall–Kier alpha value is -2.96. The molecule has 0 unspecified atom stereocenters. The number of halogens is 1. The average Bonchev–Trinajstić information content (AvgIpc) is 3.23. The van der Waals surface area contributed by atoms with Crippen LogP contribution < -0.4 is 10.1 Å². The zero-order chi connectivity index (χ0) is 19.8. The van der Waals surface area contributed by atoms with E-state index in [0.717, 1.165) is 28.2 Å². The number of ether oxygens (including phenoxy) is 1. The van der Waals surface area contributed by atoms with Crippen molar-refractivity contribution in [2.75, 3.05) is 6.61 Å². The van der Waals surface area contributed by atoms with Gasteiger partial charge in [0.15, 0.2) is 5.01 Å². The molecule has 0 aliphatic carbocycles. The van der Waals surface area contributed by atoms with Gasteiger partial charge in [-0.05, 0) is 29.3 Å². The number of nitrogens with zero attached hydrogens (tertiary/aromatic N) is 2. The predicted octanol–water partition coefficient (Wildman–Crippen LogP) is 4.77. The molecule has 0 radical (unpaired) electrons. The first-order valence-corrected chi connectivity index (χ1v) is 9.72. The van der Waals surface area contributed by atoms with Gasteiger partial charge < -0.3 is 10.1 Å². The summed E-state index contributed by atoms with van der Waals surface area (Å²) in [6.07, 6.45) is 3.46. The highest BCUT2D eigenvalue weighted by atomic mass is 35.5. The summed E-state index contributed by atoms with van der Waals surface area (Å²) in [5.41, 5.74) is 1.90. The number of hydrogen-bond donors (Lipinski definition) is 1. The molecule has 1 aromatic heterocycles. The number of hydrogen-bond acceptors (Lipinski definition) is 5. The first-order valence-electron chi connectivity index (χ1n) is 8.52. The van der Waals surface area contributed by atoms with Gasteiger partial charge in [-0.3, -0.25) is 4.79 Å². The maximum Gasteiger partial charge on any atom is 0.282 e. The normalized spacial score (nSPS) is 11.1. The lowest BCUT2D eigenvalue weighted by molar-refractivity contribution is 0.0950. The third-order valence-electron chi connectivity index (χ3n) is 3.66. The number of amides is 1. The molecule has 1 N–H and O–H groups in total. The van der Waals surface area contributed by atoms with Gasteiger partial charge in [-0.1, -0.05) is 78.1 Å². The van der Waals surface area contributed by atoms with Gasteiger partial charge in [-0.25, -0.2) is 0 Å². The fourth-order valence-corrected chi connectivity index (χ4v) is 3.24. The van der Waals surface area contributed by atoms with Crippen LogP contribution in [0.2, 0.25) is 0 Å². The van der Waals surface area contributed by atoms with E-state index in [1.165, 1.54) is 0 Å². The van der Waals surface area contributed by atoms with Crippen LogP contribution in [0.1, 0.15) is 25.9 Å². The fourth-order valence-electron chi connectivity index (χ4n) is 2.29. The van der Waals surface area contributed by atoms with Gasteiger partial charge >= 0.3 is 0 Å². The Bertz CT molecular complexity index is 969. The van der Waals surface area contributed by atoms with Crippen molar-refractivity contribution in [3.8, 4) is 5.75 Å². The SMILES string of the molecule is C=CCOc1ccc(/C=C(\Cl)c2nnc(C(=O)NCc3ccccc3)s2)cc1. The van der Waals surface area contributed by atoms with Gasteiger partial charge in [0.25, 0.3) is 5.91 Å². The smallest absolute Gasteiger partial charge is 0.282 e. The summed E-state index contributed by atoms with van der Waals surface area (Å²) in [5.74, 6) is 0.474. The Labute approximate surface area is 172 Å². The Kier molecular flexibility index (Phi) is 6.94. The van der Waals surface area contributed by atoms with Gasteiger partial charge in [0, 0.05) is 6.54 Å². The molecule has 0 saturated heterocycles. The van der Waals surface area contributed by atoms with E-state index in [1.807, 2.05) is 54.6 Å². The van der Waals surface area contributed by atoms with E-state index in [4.69, 9.17) is 16.3 Å². The van der Waals surface area contributed by atoms with Crippen molar-refractivity contribution in [3.63, 3.8) is 0 Å². The van der Waals surface area contributed by atoms with Crippen molar-refractivity contribution in [3.05, 3.63) is 88.4 Å². The van der Waals surface area contributed by atoms with Gasteiger partial charge in [0.1, 0.15) is 12.4 Å². The van der Waals surface area contributed by atoms with Crippen LogP contribution in [-0.2, 0) is 6.54 Å². The number of nitrogens with one attached hydrogen (secondary N) is 1. The van der Waals surface area contributed by atoms with E-state index in [1.54, 1.807) is 12.2 Å². The van der Waals surface area contributed by atoms with E-state index in [0.29, 0.717) is 23.2 Å². The molecule has 1 heterocycles. The Balaban J connectivity index is 1.62. The largest absolute Gasteiger partial charge is 0.490 e. The molecule has 2 aromatic carbocycles. The number of carbonyl (C=O) groups excluding carboxylic acids is 1. The van der Waals surface area contributed by atoms with Crippen molar-refractivity contribution >= 4 is 40.0 Å². The summed E-state index contributed by atoms with van der Waals surface area (Å²) < 4.78 is 5.45. The number of aromatic nitrogens is 2. The molecule has 142 valence electrons. The molecule has 0 saturated carbocycles. The van der Waals surface area contributed by atoms with Crippen LogP contribution in [0.4, 0.5) is 0 Å². The van der Waals surface area contributed by atoms with Crippen LogP contribution in [0.25, 0.3) is 11.1 Å². The molecule has 28 heavy (non-hydrogen) atoms. The van der Waals surface area contributed by atoms with E-state index in [9.17, 15) is 4.79 Å². The topological polar surface area (TPSA) is 64.1 Å². The first-order chi connectivity index (χ1) is 13.7. The molecule has 0 bridgehead atoms. The van der Waals surface area contributed by atoms with Crippen molar-refractivity contribution in [1.29, 1.82) is 0 Å². The molecule has 1 amide bonds. The zero-order valence-corrected chi connectivity index (χ0v) is 16.5. The van der Waals surface area contributed by atoms with E-state index in [-0.39, 0.29) is 10.9 Å². The lowest BCUT2D eigenvalue weighted by Crippen LogP contribution is -2.22. The number of carbonyl (C=O) groups is 1. The quantitative estimate of drug-likeness (QED) is 0.542. The molecule has 0 spiro atoms. The lowest BCUT2D eigenvalue weighted by Gasteiger charge is -2.03. The summed E-state index contributed by atoms with van der Waals surface area (Å²) in [6, 6.07) is 17.1. The summed E-state index contributed by atoms with van der Waals surface area (Å²) >= 11 is 7.50. The monoisotopic (exact) mass is 411 g/mol. The van der Waals surface area contributed by atoms with Gasteiger partial charge in [-0.15, -0.1) is 10.2 Å². The molecule has 5 nitrogen and oxygen atoms in total. The van der Waals surface area contributed by atoms with Crippen molar-refractivity contribution in [2.45, 2.75) is 6.54 Å². The molecule has 0 atom stereocenters. The Morgan fingerprint density at radius 1 is 1.11 bits per heavy atom. The molecular weight excluding hydrogens is 394 g/mol. The van der Waals surface area contributed by atoms with Gasteiger partial charge in [-0.2, -0.15) is 0 Å². The highest BCUT2D eigenvalue weighted by Crippen LogP contribution is 2.26. The second-order valence-corrected chi connectivity index (χ2v) is 7.13. The fraction of sp³-hybridized carbons (Fsp3) is 0.0952. The highest BCUT2D eigenvalue weighted by Gasteiger charge is 2.14. The number of rotatable bonds is 8. The van der Waals surface area contributed by atoms with Crippen molar-refractivity contribution < 1.29 is 9.53 Å². The van der Waals surface area contributed by atoms with Gasteiger partial charge in [0.05, 0.1) is 5.03 Å². The van der Waals surface area contributed by atoms with E-state index < -0.39 is 0 Å². The predicted molar refractivity (Wildman–Crippen MR) is 113 cm³/mol. The van der Waals surface area contributed by atoms with Crippen molar-refractivity contribution in [2.24, 2.45) is 0 Å². The molecule has 0 aliphatic heterocycles. The van der Waals surface area contributed by atoms with E-state index in [2.05, 4.69) is 22.1 Å². The highest BCUT2D eigenvalue weighted by molar-refractivity contribution is 7.15. The van der Waals surface area contributed by atoms with Crippen LogP contribution in [0.15, 0.2) is 67.3 Å². The van der Waals surface area contributed by atoms with Crippen LogP contribution in [0, 0.1) is 0 Å². The lowest BCUT2D eigenvalue weighted by atomic mass is 10.2. The van der Waals surface area contributed by atoms with Crippen LogP contribution in [-0.4, -0.2) is 22.7 Å². The third kappa shape index (κ3) is 5.52. The summed E-state index contributed by atoms with van der Waals surface area (Å²) in [7, 11) is 0.